The van der Waals surface area contributed by atoms with Crippen molar-refractivity contribution in [3.8, 4) is 11.5 Å². The molecule has 0 atom stereocenters. The molecule has 0 aliphatic heterocycles. The van der Waals surface area contributed by atoms with Gasteiger partial charge in [-0.3, -0.25) is 4.79 Å². The van der Waals surface area contributed by atoms with Gasteiger partial charge in [0.05, 0.1) is 11.1 Å². The molecule has 0 heterocycles. The number of benzene rings is 2. The van der Waals surface area contributed by atoms with Gasteiger partial charge in [-0.1, -0.05) is 18.7 Å². The van der Waals surface area contributed by atoms with Crippen LogP contribution >= 0.6 is 15.9 Å². The Balaban J connectivity index is 2.17. The van der Waals surface area contributed by atoms with E-state index in [-0.39, 0.29) is 5.91 Å². The van der Waals surface area contributed by atoms with E-state index in [2.05, 4.69) is 33.1 Å². The number of ether oxygens (including phenoxy) is 2. The molecule has 0 saturated heterocycles. The van der Waals surface area contributed by atoms with Crippen molar-refractivity contribution in [1.82, 2.24) is 0 Å². The highest BCUT2D eigenvalue weighted by Crippen LogP contribution is 2.37. The van der Waals surface area contributed by atoms with Crippen molar-refractivity contribution in [1.29, 1.82) is 0 Å². The summed E-state index contributed by atoms with van der Waals surface area (Å²) in [5.74, 6) is 1.27. The van der Waals surface area contributed by atoms with Crippen molar-refractivity contribution in [3.63, 3.8) is 0 Å². The molecule has 6 heteroatoms. The minimum absolute atomic E-state index is 0.0874. The van der Waals surface area contributed by atoms with E-state index in [1.807, 2.05) is 44.2 Å². The van der Waals surface area contributed by atoms with Crippen LogP contribution in [0.25, 0.3) is 0 Å². The molecule has 27 heavy (non-hydrogen) atoms. The maximum absolute atomic E-state index is 11.3. The molecule has 1 amide bonds. The first-order valence-corrected chi connectivity index (χ1v) is 9.55. The molecule has 2 rings (SSSR count). The Hall–Kier alpha value is -2.47. The van der Waals surface area contributed by atoms with Gasteiger partial charge in [0.15, 0.2) is 11.5 Å². The maximum Gasteiger partial charge on any atom is 0.221 e. The predicted octanol–water partition coefficient (Wildman–Crippen LogP) is 5.29. The van der Waals surface area contributed by atoms with Crippen LogP contribution in [-0.4, -0.2) is 19.1 Å². The van der Waals surface area contributed by atoms with E-state index in [0.29, 0.717) is 31.3 Å². The molecule has 2 N–H and O–H groups in total. The third kappa shape index (κ3) is 6.03. The van der Waals surface area contributed by atoms with Crippen LogP contribution in [0.15, 0.2) is 47.5 Å². The number of amides is 1. The summed E-state index contributed by atoms with van der Waals surface area (Å²) in [7, 11) is 0. The molecule has 144 valence electrons. The lowest BCUT2D eigenvalue weighted by molar-refractivity contribution is -0.114. The first-order valence-electron chi connectivity index (χ1n) is 8.75. The molecule has 0 fully saturated rings. The monoisotopic (exact) mass is 432 g/mol. The van der Waals surface area contributed by atoms with Gasteiger partial charge in [-0.15, -0.1) is 0 Å². The van der Waals surface area contributed by atoms with Crippen molar-refractivity contribution in [2.24, 2.45) is 0 Å². The van der Waals surface area contributed by atoms with Gasteiger partial charge in [0.25, 0.3) is 0 Å². The molecule has 0 aliphatic carbocycles. The summed E-state index contributed by atoms with van der Waals surface area (Å²) in [5, 5.41) is 6.22. The van der Waals surface area contributed by atoms with Gasteiger partial charge in [-0.05, 0) is 65.2 Å². The van der Waals surface area contributed by atoms with Gasteiger partial charge in [0.2, 0.25) is 5.91 Å². The zero-order valence-corrected chi connectivity index (χ0v) is 17.5. The molecular weight excluding hydrogens is 408 g/mol. The predicted molar refractivity (Wildman–Crippen MR) is 114 cm³/mol. The number of carbonyl (C=O) groups is 1. The summed E-state index contributed by atoms with van der Waals surface area (Å²) in [6.07, 6.45) is 1.70. The number of aryl methyl sites for hydroxylation is 1. The highest BCUT2D eigenvalue weighted by Gasteiger charge is 2.12. The smallest absolute Gasteiger partial charge is 0.221 e. The lowest BCUT2D eigenvalue weighted by atomic mass is 10.1. The van der Waals surface area contributed by atoms with Crippen LogP contribution in [0.2, 0.25) is 0 Å². The minimum Gasteiger partial charge on any atom is -0.490 e. The Labute approximate surface area is 168 Å². The Bertz CT molecular complexity index is 821. The van der Waals surface area contributed by atoms with E-state index >= 15 is 0 Å². The molecule has 2 aromatic carbocycles. The highest BCUT2D eigenvalue weighted by atomic mass is 79.9. The Morgan fingerprint density at radius 3 is 2.70 bits per heavy atom. The summed E-state index contributed by atoms with van der Waals surface area (Å²) >= 11 is 3.56. The van der Waals surface area contributed by atoms with E-state index < -0.39 is 0 Å². The van der Waals surface area contributed by atoms with Gasteiger partial charge in [0.1, 0.15) is 6.61 Å². The second-order valence-electron chi connectivity index (χ2n) is 6.00. The maximum atomic E-state index is 11.3. The van der Waals surface area contributed by atoms with Crippen molar-refractivity contribution in [2.75, 3.05) is 23.8 Å². The zero-order valence-electron chi connectivity index (χ0n) is 15.9. The Morgan fingerprint density at radius 1 is 1.26 bits per heavy atom. The highest BCUT2D eigenvalue weighted by molar-refractivity contribution is 9.10. The molecule has 0 unspecified atom stereocenters. The van der Waals surface area contributed by atoms with E-state index in [1.54, 1.807) is 6.08 Å². The number of carbonyl (C=O) groups excluding carboxylic acids is 1. The van der Waals surface area contributed by atoms with Crippen LogP contribution in [0, 0.1) is 6.92 Å². The Kier molecular flexibility index (Phi) is 7.73. The van der Waals surface area contributed by atoms with Crippen molar-refractivity contribution in [3.05, 3.63) is 58.6 Å². The Morgan fingerprint density at radius 2 is 2.04 bits per heavy atom. The lowest BCUT2D eigenvalue weighted by Crippen LogP contribution is -2.08. The second kappa shape index (κ2) is 10.0. The van der Waals surface area contributed by atoms with Crippen LogP contribution in [0.5, 0.6) is 11.5 Å². The SMILES string of the molecule is C=CCOc1c(Br)cc(CNc2ccc(C)c(NC(C)=O)c2)cc1OCC. The van der Waals surface area contributed by atoms with Crippen LogP contribution < -0.4 is 20.1 Å². The number of rotatable bonds is 9. The molecule has 0 aromatic heterocycles. The van der Waals surface area contributed by atoms with Crippen molar-refractivity contribution < 1.29 is 14.3 Å². The normalized spacial score (nSPS) is 10.2. The molecule has 0 aliphatic rings. The molecule has 0 radical (unpaired) electrons. The fourth-order valence-electron chi connectivity index (χ4n) is 2.53. The van der Waals surface area contributed by atoms with Gasteiger partial charge in [-0.2, -0.15) is 0 Å². The molecule has 2 aromatic rings. The van der Waals surface area contributed by atoms with Crippen LogP contribution in [0.1, 0.15) is 25.0 Å². The average Bonchev–Trinajstić information content (AvgIpc) is 2.61. The molecule has 5 nitrogen and oxygen atoms in total. The zero-order chi connectivity index (χ0) is 19.8. The van der Waals surface area contributed by atoms with Gasteiger partial charge in [-0.25, -0.2) is 0 Å². The summed E-state index contributed by atoms with van der Waals surface area (Å²) in [4.78, 5) is 11.3. The first-order chi connectivity index (χ1) is 12.9. The summed E-state index contributed by atoms with van der Waals surface area (Å²) in [6.45, 7) is 10.6. The van der Waals surface area contributed by atoms with Crippen LogP contribution in [-0.2, 0) is 11.3 Å². The molecule has 0 spiro atoms. The topological polar surface area (TPSA) is 59.6 Å². The third-order valence-electron chi connectivity index (χ3n) is 3.76. The quantitative estimate of drug-likeness (QED) is 0.528. The standard InChI is InChI=1S/C21H25BrN2O3/c1-5-9-27-21-18(22)10-16(11-20(21)26-6-2)13-23-17-8-7-14(3)19(12-17)24-15(4)25/h5,7-8,10-12,23H,1,6,9,13H2,2-4H3,(H,24,25). The molecule has 0 bridgehead atoms. The van der Waals surface area contributed by atoms with Crippen molar-refractivity contribution in [2.45, 2.75) is 27.3 Å². The van der Waals surface area contributed by atoms with Crippen LogP contribution in [0.4, 0.5) is 11.4 Å². The fourth-order valence-corrected chi connectivity index (χ4v) is 3.13. The van der Waals surface area contributed by atoms with Crippen molar-refractivity contribution >= 4 is 33.2 Å². The third-order valence-corrected chi connectivity index (χ3v) is 4.35. The van der Waals surface area contributed by atoms with E-state index in [1.165, 1.54) is 6.92 Å². The van der Waals surface area contributed by atoms with E-state index in [0.717, 1.165) is 27.0 Å². The summed E-state index contributed by atoms with van der Waals surface area (Å²) in [5.41, 5.74) is 3.78. The van der Waals surface area contributed by atoms with Gasteiger partial charge in [0, 0.05) is 24.8 Å². The number of anilines is 2. The summed E-state index contributed by atoms with van der Waals surface area (Å²) < 4.78 is 12.3. The first kappa shape index (κ1) is 20.8. The number of hydrogen-bond acceptors (Lipinski definition) is 4. The van der Waals surface area contributed by atoms with Gasteiger partial charge >= 0.3 is 0 Å². The van der Waals surface area contributed by atoms with Gasteiger partial charge < -0.3 is 20.1 Å². The largest absolute Gasteiger partial charge is 0.490 e. The van der Waals surface area contributed by atoms with Crippen LogP contribution in [0.3, 0.4) is 0 Å². The summed E-state index contributed by atoms with van der Waals surface area (Å²) in [6, 6.07) is 9.85. The number of hydrogen-bond donors (Lipinski definition) is 2. The van der Waals surface area contributed by atoms with E-state index in [4.69, 9.17) is 9.47 Å². The second-order valence-corrected chi connectivity index (χ2v) is 6.86. The molecular formula is C21H25BrN2O3. The van der Waals surface area contributed by atoms with E-state index in [9.17, 15) is 4.79 Å². The average molecular weight is 433 g/mol. The minimum atomic E-state index is -0.0874. The fraction of sp³-hybridized carbons (Fsp3) is 0.286. The number of halogens is 1. The lowest BCUT2D eigenvalue weighted by Gasteiger charge is -2.16. The molecule has 0 saturated carbocycles. The number of nitrogens with one attached hydrogen (secondary N) is 2.